The van der Waals surface area contributed by atoms with Crippen molar-refractivity contribution in [2.24, 2.45) is 0 Å². The van der Waals surface area contributed by atoms with Crippen molar-refractivity contribution < 1.29 is 18.3 Å². The Hall–Kier alpha value is -1.49. The fourth-order valence-electron chi connectivity index (χ4n) is 1.95. The quantitative estimate of drug-likeness (QED) is 0.751. The van der Waals surface area contributed by atoms with Gasteiger partial charge in [-0.15, -0.1) is 0 Å². The average molecular weight is 254 g/mol. The molecule has 1 saturated heterocycles. The minimum absolute atomic E-state index is 0.115. The summed E-state index contributed by atoms with van der Waals surface area (Å²) in [6.45, 7) is 0.262. The topological polar surface area (TPSA) is 74.7 Å². The van der Waals surface area contributed by atoms with Gasteiger partial charge in [0.15, 0.2) is 4.91 Å². The van der Waals surface area contributed by atoms with Gasteiger partial charge in [0, 0.05) is 12.6 Å². The number of hydrogen-bond acceptors (Lipinski definition) is 3. The van der Waals surface area contributed by atoms with E-state index in [1.54, 1.807) is 0 Å². The van der Waals surface area contributed by atoms with E-state index in [0.717, 1.165) is 4.31 Å². The van der Waals surface area contributed by atoms with Crippen LogP contribution in [0.25, 0.3) is 0 Å². The number of sulfonamides is 1. The molecule has 0 radical (unpaired) electrons. The summed E-state index contributed by atoms with van der Waals surface area (Å²) in [6, 6.07) is -0.941. The van der Waals surface area contributed by atoms with Crippen LogP contribution in [0.4, 0.5) is 0 Å². The lowest BCUT2D eigenvalue weighted by molar-refractivity contribution is -0.140. The van der Waals surface area contributed by atoms with Crippen molar-refractivity contribution in [3.05, 3.63) is 35.3 Å². The Bertz CT molecular complexity index is 516. The lowest BCUT2D eigenvalue weighted by atomic mass is 10.2. The molecular formula is C11H12NO4S+. The summed E-state index contributed by atoms with van der Waals surface area (Å²) in [7, 11) is -3.70. The van der Waals surface area contributed by atoms with Gasteiger partial charge in [-0.25, -0.2) is 8.42 Å². The summed E-state index contributed by atoms with van der Waals surface area (Å²) >= 11 is 0. The molecule has 0 aromatic carbocycles. The number of carbonyl (C=O) groups is 1. The van der Waals surface area contributed by atoms with E-state index in [0.29, 0.717) is 12.8 Å². The van der Waals surface area contributed by atoms with Crippen LogP contribution in [0, 0.1) is 6.08 Å². The van der Waals surface area contributed by atoms with Crippen LogP contribution < -0.4 is 0 Å². The summed E-state index contributed by atoms with van der Waals surface area (Å²) in [6.07, 6.45) is 9.52. The zero-order valence-corrected chi connectivity index (χ0v) is 9.85. The maximum absolute atomic E-state index is 12.2. The van der Waals surface area contributed by atoms with Gasteiger partial charge in [0.1, 0.15) is 18.2 Å². The molecule has 0 saturated carbocycles. The van der Waals surface area contributed by atoms with Gasteiger partial charge in [0.2, 0.25) is 0 Å². The van der Waals surface area contributed by atoms with E-state index in [-0.39, 0.29) is 11.4 Å². The van der Waals surface area contributed by atoms with Crippen molar-refractivity contribution in [2.75, 3.05) is 6.54 Å². The van der Waals surface area contributed by atoms with Crippen molar-refractivity contribution in [3.8, 4) is 0 Å². The van der Waals surface area contributed by atoms with E-state index in [1.165, 1.54) is 24.3 Å². The highest BCUT2D eigenvalue weighted by atomic mass is 32.2. The standard InChI is InChI=1S/C11H11NO4S/c13-11(14)10-7-4-8-12(10)17(15,16)9-5-2-1-3-6-9/h2-3,5-6,10H,4,7-8H2/p+1/t10-/m0/s1. The molecule has 1 N–H and O–H groups in total. The van der Waals surface area contributed by atoms with Crippen molar-refractivity contribution in [2.45, 2.75) is 18.9 Å². The van der Waals surface area contributed by atoms with Crippen LogP contribution in [-0.4, -0.2) is 36.4 Å². The van der Waals surface area contributed by atoms with Gasteiger partial charge in [-0.2, -0.15) is 4.31 Å². The fourth-order valence-corrected chi connectivity index (χ4v) is 3.60. The largest absolute Gasteiger partial charge is 0.480 e. The maximum atomic E-state index is 12.2. The molecule has 1 aliphatic carbocycles. The summed E-state index contributed by atoms with van der Waals surface area (Å²) < 4.78 is 25.5. The highest BCUT2D eigenvalue weighted by molar-refractivity contribution is 7.93. The van der Waals surface area contributed by atoms with Gasteiger partial charge < -0.3 is 5.11 Å². The molecule has 90 valence electrons. The Labute approximate surface area is 99.8 Å². The highest BCUT2D eigenvalue weighted by Gasteiger charge is 2.41. The number of carboxylic acids is 1. The SMILES string of the molecule is O=C(O)[C@@H]1CCCN1S(=O)(=O)C1=CC=[C+]C=C1. The van der Waals surface area contributed by atoms with Crippen molar-refractivity contribution in [1.29, 1.82) is 0 Å². The Morgan fingerprint density at radius 1 is 1.53 bits per heavy atom. The second-order valence-corrected chi connectivity index (χ2v) is 5.74. The second kappa shape index (κ2) is 4.41. The molecule has 5 nitrogen and oxygen atoms in total. The Morgan fingerprint density at radius 2 is 2.29 bits per heavy atom. The number of nitrogens with zero attached hydrogens (tertiary/aromatic N) is 1. The van der Waals surface area contributed by atoms with E-state index in [9.17, 15) is 13.2 Å². The first-order chi connectivity index (χ1) is 8.03. The Balaban J connectivity index is 2.33. The molecule has 2 rings (SSSR count). The molecule has 0 amide bonds. The number of carboxylic acid groups (broad SMARTS) is 1. The van der Waals surface area contributed by atoms with Crippen LogP contribution in [-0.2, 0) is 14.8 Å². The number of rotatable bonds is 3. The van der Waals surface area contributed by atoms with Crippen LogP contribution in [0.1, 0.15) is 12.8 Å². The number of aliphatic carboxylic acids is 1. The molecule has 17 heavy (non-hydrogen) atoms. The van der Waals surface area contributed by atoms with Gasteiger partial charge in [0.05, 0.1) is 12.2 Å². The Kier molecular flexibility index (Phi) is 3.11. The van der Waals surface area contributed by atoms with Gasteiger partial charge in [0.25, 0.3) is 10.0 Å². The lowest BCUT2D eigenvalue weighted by Crippen LogP contribution is -2.40. The molecule has 0 aromatic rings. The average Bonchev–Trinajstić information content (AvgIpc) is 2.80. The maximum Gasteiger partial charge on any atom is 0.322 e. The van der Waals surface area contributed by atoms with E-state index < -0.39 is 22.0 Å². The van der Waals surface area contributed by atoms with Crippen LogP contribution in [0.5, 0.6) is 0 Å². The zero-order valence-electron chi connectivity index (χ0n) is 9.04. The summed E-state index contributed by atoms with van der Waals surface area (Å²) in [5.74, 6) is -1.09. The van der Waals surface area contributed by atoms with E-state index in [4.69, 9.17) is 5.11 Å². The molecule has 0 unspecified atom stereocenters. The minimum atomic E-state index is -3.70. The van der Waals surface area contributed by atoms with Gasteiger partial charge in [-0.05, 0) is 12.8 Å². The van der Waals surface area contributed by atoms with Crippen LogP contribution >= 0.6 is 0 Å². The first-order valence-electron chi connectivity index (χ1n) is 5.24. The molecule has 0 bridgehead atoms. The van der Waals surface area contributed by atoms with Crippen LogP contribution in [0.2, 0.25) is 0 Å². The molecule has 1 heterocycles. The molecular weight excluding hydrogens is 242 g/mol. The van der Waals surface area contributed by atoms with Crippen LogP contribution in [0.3, 0.4) is 0 Å². The lowest BCUT2D eigenvalue weighted by Gasteiger charge is -2.19. The van der Waals surface area contributed by atoms with Crippen molar-refractivity contribution in [3.63, 3.8) is 0 Å². The second-order valence-electron chi connectivity index (χ2n) is 3.85. The van der Waals surface area contributed by atoms with Gasteiger partial charge in [-0.1, -0.05) is 0 Å². The third-order valence-corrected chi connectivity index (χ3v) is 4.71. The molecule has 1 aliphatic heterocycles. The highest BCUT2D eigenvalue weighted by Crippen LogP contribution is 2.26. The molecule has 1 fully saturated rings. The first-order valence-corrected chi connectivity index (χ1v) is 6.68. The first kappa shape index (κ1) is 12.0. The molecule has 1 atom stereocenters. The Morgan fingerprint density at radius 3 is 2.88 bits per heavy atom. The van der Waals surface area contributed by atoms with Gasteiger partial charge in [-0.3, -0.25) is 4.79 Å². The van der Waals surface area contributed by atoms with Crippen molar-refractivity contribution >= 4 is 16.0 Å². The predicted molar refractivity (Wildman–Crippen MR) is 61.3 cm³/mol. The predicted octanol–water partition coefficient (Wildman–Crippen LogP) is 0.678. The number of hydrogen-bond donors (Lipinski definition) is 1. The summed E-state index contributed by atoms with van der Waals surface area (Å²) in [5, 5.41) is 8.98. The number of allylic oxidation sites excluding steroid dienone is 5. The van der Waals surface area contributed by atoms with E-state index in [1.807, 2.05) is 0 Å². The molecule has 0 aromatic heterocycles. The fraction of sp³-hybridized carbons (Fsp3) is 0.364. The van der Waals surface area contributed by atoms with Crippen molar-refractivity contribution in [1.82, 2.24) is 4.31 Å². The zero-order chi connectivity index (χ0) is 12.5. The third kappa shape index (κ3) is 2.15. The monoisotopic (exact) mass is 254 g/mol. The van der Waals surface area contributed by atoms with Gasteiger partial charge >= 0.3 is 5.97 Å². The summed E-state index contributed by atoms with van der Waals surface area (Å²) in [4.78, 5) is 11.1. The molecule has 0 spiro atoms. The summed E-state index contributed by atoms with van der Waals surface area (Å²) in [5.41, 5.74) is 0. The minimum Gasteiger partial charge on any atom is -0.480 e. The smallest absolute Gasteiger partial charge is 0.322 e. The normalized spacial score (nSPS) is 24.5. The van der Waals surface area contributed by atoms with E-state index in [2.05, 4.69) is 6.08 Å². The van der Waals surface area contributed by atoms with E-state index >= 15 is 0 Å². The third-order valence-electron chi connectivity index (χ3n) is 2.78. The van der Waals surface area contributed by atoms with Crippen LogP contribution in [0.15, 0.2) is 29.2 Å². The molecule has 6 heteroatoms. The molecule has 2 aliphatic rings.